The van der Waals surface area contributed by atoms with Crippen molar-refractivity contribution < 1.29 is 13.7 Å². The molecule has 0 radical (unpaired) electrons. The SMILES string of the molecule is C=C/C=C(\C=C)CC(=O)C1=N/C=C(/CCl)CC=CC1NS(=O)C1C=Cc2ccccc2O1. The predicted molar refractivity (Wildman–Crippen MR) is 133 cm³/mol. The zero-order chi connectivity index (χ0) is 22.9. The van der Waals surface area contributed by atoms with Crippen molar-refractivity contribution in [2.24, 2.45) is 4.99 Å². The third-order valence-corrected chi connectivity index (χ3v) is 6.36. The maximum atomic E-state index is 13.1. The molecule has 7 heteroatoms. The Hall–Kier alpha value is -2.80. The van der Waals surface area contributed by atoms with E-state index < -0.39 is 22.5 Å². The first-order chi connectivity index (χ1) is 15.5. The highest BCUT2D eigenvalue weighted by Crippen LogP contribution is 2.26. The molecule has 166 valence electrons. The minimum atomic E-state index is -1.63. The Morgan fingerprint density at radius 1 is 1.31 bits per heavy atom. The molecule has 0 fully saturated rings. The van der Waals surface area contributed by atoms with Gasteiger partial charge in [0.25, 0.3) is 0 Å². The number of nitrogens with zero attached hydrogens (tertiary/aromatic N) is 1. The van der Waals surface area contributed by atoms with Crippen LogP contribution in [0.15, 0.2) is 96.2 Å². The number of rotatable bonds is 9. The van der Waals surface area contributed by atoms with Crippen LogP contribution in [0.4, 0.5) is 0 Å². The lowest BCUT2D eigenvalue weighted by Crippen LogP contribution is -2.44. The highest BCUT2D eigenvalue weighted by atomic mass is 35.5. The molecule has 1 aromatic rings. The van der Waals surface area contributed by atoms with Crippen molar-refractivity contribution in [3.63, 3.8) is 0 Å². The number of aliphatic imine (C=N–C) groups is 1. The summed E-state index contributed by atoms with van der Waals surface area (Å²) >= 11 is 5.97. The third-order valence-electron chi connectivity index (χ3n) is 4.85. The second-order valence-electron chi connectivity index (χ2n) is 7.13. The molecule has 0 amide bonds. The molecule has 0 saturated carbocycles. The van der Waals surface area contributed by atoms with E-state index in [0.29, 0.717) is 18.1 Å². The van der Waals surface area contributed by atoms with Crippen LogP contribution in [0.3, 0.4) is 0 Å². The number of para-hydroxylation sites is 1. The molecule has 1 N–H and O–H groups in total. The van der Waals surface area contributed by atoms with Crippen LogP contribution in [0.2, 0.25) is 0 Å². The van der Waals surface area contributed by atoms with Crippen LogP contribution in [0.5, 0.6) is 5.75 Å². The molecule has 1 aromatic carbocycles. The van der Waals surface area contributed by atoms with E-state index >= 15 is 0 Å². The molecule has 0 spiro atoms. The zero-order valence-corrected chi connectivity index (χ0v) is 19.1. The maximum Gasteiger partial charge on any atom is 0.205 e. The summed E-state index contributed by atoms with van der Waals surface area (Å²) in [7, 11) is -1.63. The molecule has 2 heterocycles. The number of nitrogens with one attached hydrogen (secondary N) is 1. The number of Topliss-reactive ketones (excluding diaryl/α,β-unsaturated/α-hetero) is 1. The highest BCUT2D eigenvalue weighted by molar-refractivity contribution is 7.83. The van der Waals surface area contributed by atoms with Gasteiger partial charge in [-0.15, -0.1) is 11.6 Å². The van der Waals surface area contributed by atoms with Crippen LogP contribution < -0.4 is 9.46 Å². The van der Waals surface area contributed by atoms with Crippen molar-refractivity contribution in [2.75, 3.05) is 5.88 Å². The Morgan fingerprint density at radius 2 is 2.12 bits per heavy atom. The Bertz CT molecular complexity index is 1070. The van der Waals surface area contributed by atoms with Crippen molar-refractivity contribution in [2.45, 2.75) is 24.3 Å². The van der Waals surface area contributed by atoms with Gasteiger partial charge >= 0.3 is 0 Å². The maximum absolute atomic E-state index is 13.1. The Labute approximate surface area is 196 Å². The quantitative estimate of drug-likeness (QED) is 0.321. The Kier molecular flexibility index (Phi) is 8.73. The molecule has 0 bridgehead atoms. The van der Waals surface area contributed by atoms with Crippen LogP contribution in [0.1, 0.15) is 18.4 Å². The van der Waals surface area contributed by atoms with Gasteiger partial charge in [-0.25, -0.2) is 8.93 Å². The average molecular weight is 469 g/mol. The number of alkyl halides is 1. The molecule has 0 aliphatic carbocycles. The number of allylic oxidation sites excluding steroid dienone is 6. The van der Waals surface area contributed by atoms with Crippen molar-refractivity contribution in [3.8, 4) is 5.75 Å². The molecule has 0 saturated heterocycles. The van der Waals surface area contributed by atoms with Crippen molar-refractivity contribution in [1.29, 1.82) is 0 Å². The van der Waals surface area contributed by atoms with E-state index in [1.54, 1.807) is 36.6 Å². The summed E-state index contributed by atoms with van der Waals surface area (Å²) in [4.78, 5) is 17.5. The van der Waals surface area contributed by atoms with E-state index in [4.69, 9.17) is 16.3 Å². The first-order valence-corrected chi connectivity index (χ1v) is 11.9. The van der Waals surface area contributed by atoms with Gasteiger partial charge in [-0.1, -0.05) is 67.8 Å². The summed E-state index contributed by atoms with van der Waals surface area (Å²) in [6, 6.07) is 6.88. The van der Waals surface area contributed by atoms with E-state index in [1.807, 2.05) is 36.4 Å². The first-order valence-electron chi connectivity index (χ1n) is 10.1. The highest BCUT2D eigenvalue weighted by Gasteiger charge is 2.27. The van der Waals surface area contributed by atoms with Crippen LogP contribution >= 0.6 is 11.6 Å². The summed E-state index contributed by atoms with van der Waals surface area (Å²) in [5, 5.41) is 0. The largest absolute Gasteiger partial charge is 0.471 e. The fourth-order valence-electron chi connectivity index (χ4n) is 3.18. The van der Waals surface area contributed by atoms with Gasteiger partial charge in [0.2, 0.25) is 5.44 Å². The number of benzene rings is 1. The van der Waals surface area contributed by atoms with Gasteiger partial charge in [0.1, 0.15) is 22.4 Å². The van der Waals surface area contributed by atoms with Gasteiger partial charge in [0.05, 0.1) is 6.04 Å². The van der Waals surface area contributed by atoms with Gasteiger partial charge in [0.15, 0.2) is 5.78 Å². The zero-order valence-electron chi connectivity index (χ0n) is 17.6. The van der Waals surface area contributed by atoms with E-state index in [0.717, 1.165) is 16.7 Å². The summed E-state index contributed by atoms with van der Waals surface area (Å²) < 4.78 is 22.0. The van der Waals surface area contributed by atoms with E-state index in [-0.39, 0.29) is 17.9 Å². The molecule has 3 atom stereocenters. The minimum absolute atomic E-state index is 0.101. The number of carbonyl (C=O) groups is 1. The predicted octanol–water partition coefficient (Wildman–Crippen LogP) is 4.82. The Morgan fingerprint density at radius 3 is 2.88 bits per heavy atom. The topological polar surface area (TPSA) is 67.8 Å². The fourth-order valence-corrected chi connectivity index (χ4v) is 4.34. The third kappa shape index (κ3) is 6.13. The monoisotopic (exact) mass is 468 g/mol. The van der Waals surface area contributed by atoms with Gasteiger partial charge < -0.3 is 4.74 Å². The molecule has 0 aromatic heterocycles. The lowest BCUT2D eigenvalue weighted by atomic mass is 9.99. The molecule has 2 aliphatic heterocycles. The van der Waals surface area contributed by atoms with Crippen LogP contribution in [-0.2, 0) is 15.8 Å². The van der Waals surface area contributed by atoms with Crippen molar-refractivity contribution >= 4 is 40.2 Å². The van der Waals surface area contributed by atoms with Gasteiger partial charge in [-0.05, 0) is 29.7 Å². The normalized spacial score (nSPS) is 22.8. The number of carbonyl (C=O) groups excluding carboxylic acids is 1. The van der Waals surface area contributed by atoms with Crippen molar-refractivity contribution in [1.82, 2.24) is 4.72 Å². The molecule has 5 nitrogen and oxygen atoms in total. The smallest absolute Gasteiger partial charge is 0.205 e. The van der Waals surface area contributed by atoms with Crippen LogP contribution in [0, 0.1) is 0 Å². The molecule has 3 rings (SSSR count). The summed E-state index contributed by atoms with van der Waals surface area (Å²) in [6.45, 7) is 7.41. The number of ether oxygens (including phenoxy) is 1. The molecular formula is C25H25ClN2O3S. The Balaban J connectivity index is 1.82. The first kappa shape index (κ1) is 23.9. The van der Waals surface area contributed by atoms with Crippen LogP contribution in [0.25, 0.3) is 6.08 Å². The van der Waals surface area contributed by atoms with Gasteiger partial charge in [0, 0.05) is 24.1 Å². The van der Waals surface area contributed by atoms with Crippen LogP contribution in [-0.4, -0.2) is 33.1 Å². The van der Waals surface area contributed by atoms with Crippen molar-refractivity contribution in [3.05, 3.63) is 96.8 Å². The molecule has 3 unspecified atom stereocenters. The number of hydrogen-bond acceptors (Lipinski definition) is 4. The number of ketones is 1. The summed E-state index contributed by atoms with van der Waals surface area (Å²) in [5.41, 5.74) is 2.07. The number of hydrogen-bond donors (Lipinski definition) is 1. The fraction of sp³-hybridized carbons (Fsp3) is 0.200. The number of halogens is 1. The summed E-state index contributed by atoms with van der Waals surface area (Å²) in [5.74, 6) is 0.760. The molecular weight excluding hydrogens is 444 g/mol. The van der Waals surface area contributed by atoms with E-state index in [2.05, 4.69) is 22.9 Å². The lowest BCUT2D eigenvalue weighted by Gasteiger charge is -2.24. The minimum Gasteiger partial charge on any atom is -0.471 e. The van der Waals surface area contributed by atoms with E-state index in [9.17, 15) is 9.00 Å². The van der Waals surface area contributed by atoms with Gasteiger partial charge in [-0.2, -0.15) is 0 Å². The average Bonchev–Trinajstić information content (AvgIpc) is 2.80. The second-order valence-corrected chi connectivity index (χ2v) is 8.69. The number of fused-ring (bicyclic) bond motifs is 1. The second kappa shape index (κ2) is 11.7. The van der Waals surface area contributed by atoms with E-state index in [1.165, 1.54) is 0 Å². The lowest BCUT2D eigenvalue weighted by molar-refractivity contribution is -0.112. The van der Waals surface area contributed by atoms with Gasteiger partial charge in [-0.3, -0.25) is 9.79 Å². The standard InChI is InChI=1S/C25H25ClN2O3S/c1-3-8-18(4-2)15-22(29)25-21(11-7-9-19(16-26)17-27-25)28-32(30)24-14-13-20-10-5-6-12-23(20)31-24/h3-8,10-14,17,21,24,28H,1-2,9,15-16H2/b11-7?,18-8+,19-17+,27-25?. The molecule has 2 aliphatic rings. The summed E-state index contributed by atoms with van der Waals surface area (Å²) in [6.07, 6.45) is 14.6. The molecule has 32 heavy (non-hydrogen) atoms.